The normalized spacial score (nSPS) is 9.33. The molecule has 0 unspecified atom stereocenters. The van der Waals surface area contributed by atoms with Gasteiger partial charge in [-0.25, -0.2) is 9.59 Å². The molecule has 0 aliphatic rings. The predicted molar refractivity (Wildman–Crippen MR) is 49.4 cm³/mol. The number of rotatable bonds is 3. The van der Waals surface area contributed by atoms with Gasteiger partial charge in [-0.05, 0) is 0 Å². The average Bonchev–Trinajstić information content (AvgIpc) is 2.26. The highest BCUT2D eigenvalue weighted by molar-refractivity contribution is 6.29. The Bertz CT molecular complexity index is 382. The molecule has 1 rings (SSSR count). The lowest BCUT2D eigenvalue weighted by Gasteiger charge is -2.00. The Balaban J connectivity index is 2.51. The predicted octanol–water partition coefficient (Wildman–Crippen LogP) is 0.497. The van der Waals surface area contributed by atoms with Crippen molar-refractivity contribution in [3.63, 3.8) is 0 Å². The lowest BCUT2D eigenvalue weighted by Crippen LogP contribution is -2.20. The summed E-state index contributed by atoms with van der Waals surface area (Å²) < 4.78 is 4.23. The van der Waals surface area contributed by atoms with Crippen LogP contribution in [-0.2, 0) is 14.3 Å². The van der Waals surface area contributed by atoms with Gasteiger partial charge in [0.15, 0.2) is 12.4 Å². The molecule has 78 valence electrons. The molecular weight excluding hydrogens is 200 g/mol. The van der Waals surface area contributed by atoms with E-state index in [0.717, 1.165) is 0 Å². The largest absolute Gasteiger partial charge is 0.473 e. The van der Waals surface area contributed by atoms with Crippen molar-refractivity contribution in [3.05, 3.63) is 35.9 Å². The third kappa shape index (κ3) is 3.22. The summed E-state index contributed by atoms with van der Waals surface area (Å²) in [4.78, 5) is 31.9. The van der Waals surface area contributed by atoms with Crippen LogP contribution in [0.15, 0.2) is 30.3 Å². The van der Waals surface area contributed by atoms with Crippen LogP contribution in [0.2, 0.25) is 0 Å². The molecule has 0 saturated carbocycles. The molecule has 0 saturated heterocycles. The van der Waals surface area contributed by atoms with E-state index in [1.165, 1.54) is 0 Å². The quantitative estimate of drug-likeness (QED) is 0.444. The summed E-state index contributed by atoms with van der Waals surface area (Å²) in [5.41, 5.74) is 0.371. The van der Waals surface area contributed by atoms with Crippen molar-refractivity contribution in [2.24, 2.45) is 0 Å². The van der Waals surface area contributed by atoms with Crippen molar-refractivity contribution in [3.8, 4) is 0 Å². The highest BCUT2D eigenvalue weighted by Gasteiger charge is 2.15. The number of carboxylic acids is 1. The summed E-state index contributed by atoms with van der Waals surface area (Å²) in [6.45, 7) is -0.560. The van der Waals surface area contributed by atoms with Gasteiger partial charge in [-0.3, -0.25) is 4.79 Å². The fraction of sp³-hybridized carbons (Fsp3) is 0.100. The van der Waals surface area contributed by atoms with Crippen molar-refractivity contribution >= 4 is 17.7 Å². The van der Waals surface area contributed by atoms with Crippen molar-refractivity contribution in [2.75, 3.05) is 6.61 Å². The number of ether oxygens (including phenoxy) is 1. The van der Waals surface area contributed by atoms with E-state index in [4.69, 9.17) is 5.11 Å². The minimum atomic E-state index is -1.71. The average molecular weight is 208 g/mol. The van der Waals surface area contributed by atoms with Crippen LogP contribution in [0.1, 0.15) is 10.4 Å². The first kappa shape index (κ1) is 10.9. The van der Waals surface area contributed by atoms with Crippen LogP contribution in [0.4, 0.5) is 0 Å². The lowest BCUT2D eigenvalue weighted by molar-refractivity contribution is -0.163. The van der Waals surface area contributed by atoms with Gasteiger partial charge in [-0.2, -0.15) is 0 Å². The van der Waals surface area contributed by atoms with Crippen molar-refractivity contribution < 1.29 is 24.2 Å². The Hall–Kier alpha value is -2.17. The number of carboxylic acid groups (broad SMARTS) is 1. The maximum absolute atomic E-state index is 11.3. The van der Waals surface area contributed by atoms with E-state index in [0.29, 0.717) is 5.56 Å². The molecular formula is C10H8O5. The fourth-order valence-electron chi connectivity index (χ4n) is 0.900. The van der Waals surface area contributed by atoms with E-state index in [1.54, 1.807) is 30.3 Å². The van der Waals surface area contributed by atoms with Crippen LogP contribution in [-0.4, -0.2) is 29.4 Å². The third-order valence-corrected chi connectivity index (χ3v) is 1.60. The van der Waals surface area contributed by atoms with Crippen LogP contribution >= 0.6 is 0 Å². The number of carbonyl (C=O) groups is 3. The maximum Gasteiger partial charge on any atom is 0.417 e. The number of carbonyl (C=O) groups excluding carboxylic acids is 2. The first-order valence-corrected chi connectivity index (χ1v) is 4.09. The number of aliphatic carboxylic acids is 1. The highest BCUT2D eigenvalue weighted by Crippen LogP contribution is 2.00. The van der Waals surface area contributed by atoms with Crippen molar-refractivity contribution in [1.29, 1.82) is 0 Å². The summed E-state index contributed by atoms with van der Waals surface area (Å²) in [5.74, 6) is -3.58. The molecule has 0 radical (unpaired) electrons. The monoisotopic (exact) mass is 208 g/mol. The zero-order valence-electron chi connectivity index (χ0n) is 7.67. The fourth-order valence-corrected chi connectivity index (χ4v) is 0.900. The molecule has 0 atom stereocenters. The van der Waals surface area contributed by atoms with Gasteiger partial charge < -0.3 is 9.84 Å². The molecule has 0 aromatic heterocycles. The molecule has 1 aromatic rings. The van der Waals surface area contributed by atoms with Crippen LogP contribution in [0.5, 0.6) is 0 Å². The first-order valence-electron chi connectivity index (χ1n) is 4.09. The molecule has 15 heavy (non-hydrogen) atoms. The van der Waals surface area contributed by atoms with E-state index in [-0.39, 0.29) is 0 Å². The Morgan fingerprint density at radius 2 is 1.73 bits per heavy atom. The Morgan fingerprint density at radius 1 is 1.13 bits per heavy atom. The zero-order valence-corrected chi connectivity index (χ0v) is 7.67. The van der Waals surface area contributed by atoms with Gasteiger partial charge in [0, 0.05) is 5.56 Å². The summed E-state index contributed by atoms with van der Waals surface area (Å²) in [6.07, 6.45) is 0. The van der Waals surface area contributed by atoms with Crippen molar-refractivity contribution in [1.82, 2.24) is 0 Å². The second-order valence-corrected chi connectivity index (χ2v) is 2.67. The minimum absolute atomic E-state index is 0.371. The van der Waals surface area contributed by atoms with Gasteiger partial charge >= 0.3 is 11.9 Å². The lowest BCUT2D eigenvalue weighted by atomic mass is 10.1. The first-order chi connectivity index (χ1) is 7.11. The summed E-state index contributed by atoms with van der Waals surface area (Å²) >= 11 is 0. The van der Waals surface area contributed by atoms with Gasteiger partial charge in [-0.1, -0.05) is 30.3 Å². The highest BCUT2D eigenvalue weighted by atomic mass is 16.6. The van der Waals surface area contributed by atoms with Crippen LogP contribution < -0.4 is 0 Å². The number of Topliss-reactive ketones (excluding diaryl/α,β-unsaturated/α-hetero) is 1. The van der Waals surface area contributed by atoms with Crippen LogP contribution in [0.25, 0.3) is 0 Å². The van der Waals surface area contributed by atoms with E-state index in [2.05, 4.69) is 4.74 Å². The Labute approximate surface area is 85.3 Å². The molecule has 0 fully saturated rings. The third-order valence-electron chi connectivity index (χ3n) is 1.60. The second kappa shape index (κ2) is 4.90. The van der Waals surface area contributed by atoms with Crippen LogP contribution in [0, 0.1) is 0 Å². The summed E-state index contributed by atoms with van der Waals surface area (Å²) in [6, 6.07) is 8.16. The van der Waals surface area contributed by atoms with Crippen LogP contribution in [0.3, 0.4) is 0 Å². The molecule has 1 N–H and O–H groups in total. The number of esters is 1. The molecule has 5 nitrogen and oxygen atoms in total. The summed E-state index contributed by atoms with van der Waals surface area (Å²) in [7, 11) is 0. The Kier molecular flexibility index (Phi) is 3.56. The van der Waals surface area contributed by atoms with E-state index in [1.807, 2.05) is 0 Å². The smallest absolute Gasteiger partial charge is 0.417 e. The Morgan fingerprint density at radius 3 is 2.27 bits per heavy atom. The molecule has 0 amide bonds. The van der Waals surface area contributed by atoms with Gasteiger partial charge in [0.25, 0.3) is 0 Å². The number of hydrogen-bond acceptors (Lipinski definition) is 4. The maximum atomic E-state index is 11.3. The molecule has 5 heteroatoms. The molecule has 0 spiro atoms. The molecule has 0 heterocycles. The van der Waals surface area contributed by atoms with E-state index in [9.17, 15) is 14.4 Å². The van der Waals surface area contributed by atoms with Gasteiger partial charge in [0.2, 0.25) is 0 Å². The van der Waals surface area contributed by atoms with Gasteiger partial charge in [-0.15, -0.1) is 0 Å². The van der Waals surface area contributed by atoms with E-state index < -0.39 is 24.3 Å². The number of hydrogen-bond donors (Lipinski definition) is 1. The number of ketones is 1. The van der Waals surface area contributed by atoms with Crippen molar-refractivity contribution in [2.45, 2.75) is 0 Å². The van der Waals surface area contributed by atoms with Gasteiger partial charge in [0.1, 0.15) is 0 Å². The molecule has 0 aliphatic carbocycles. The second-order valence-electron chi connectivity index (χ2n) is 2.67. The molecule has 0 aliphatic heterocycles. The number of benzene rings is 1. The molecule has 1 aromatic carbocycles. The van der Waals surface area contributed by atoms with E-state index >= 15 is 0 Å². The standard InChI is InChI=1S/C10H8O5/c11-8(6-15-10(14)9(12)13)7-4-2-1-3-5-7/h1-5H,6H2,(H,12,13). The summed E-state index contributed by atoms with van der Waals surface area (Å²) in [5, 5.41) is 8.18. The molecule has 0 bridgehead atoms. The topological polar surface area (TPSA) is 80.7 Å². The zero-order chi connectivity index (χ0) is 11.3. The SMILES string of the molecule is O=C(O)C(=O)OCC(=O)c1ccccc1. The van der Waals surface area contributed by atoms with Gasteiger partial charge in [0.05, 0.1) is 0 Å². The minimum Gasteiger partial charge on any atom is -0.473 e.